The summed E-state index contributed by atoms with van der Waals surface area (Å²) in [5.41, 5.74) is -1.42. The van der Waals surface area contributed by atoms with E-state index < -0.39 is 98.7 Å². The smallest absolute Gasteiger partial charge is 0.417 e. The van der Waals surface area contributed by atoms with Gasteiger partial charge >= 0.3 is 6.18 Å². The summed E-state index contributed by atoms with van der Waals surface area (Å²) >= 11 is 0. The summed E-state index contributed by atoms with van der Waals surface area (Å²) in [5, 5.41) is 47.5. The Bertz CT molecular complexity index is 1410. The molecular formula is C28H32F3N3O7. The summed E-state index contributed by atoms with van der Waals surface area (Å²) < 4.78 is 43.6. The minimum Gasteiger partial charge on any atom is -0.510 e. The van der Waals surface area contributed by atoms with Gasteiger partial charge in [-0.05, 0) is 75.4 Å². The minimum atomic E-state index is -4.88. The SMILES string of the molecule is CN(C)[C@@H]1C(O)=C(C(N)=O)C(=O)[C@@]2(O)C(O)=C3C(=O)c4c(O)cc(CNCC5CCC5)c(C(F)(F)F)c4C[C@H]3C[C@@H]12. The zero-order chi connectivity index (χ0) is 30.2. The molecule has 1 aromatic rings. The first kappa shape index (κ1) is 29.1. The van der Waals surface area contributed by atoms with E-state index in [9.17, 15) is 48.0 Å². The Morgan fingerprint density at radius 1 is 1.20 bits per heavy atom. The number of rotatable bonds is 6. The summed E-state index contributed by atoms with van der Waals surface area (Å²) in [6.45, 7) is 0.328. The highest BCUT2D eigenvalue weighted by Crippen LogP contribution is 2.53. The summed E-state index contributed by atoms with van der Waals surface area (Å²) in [5.74, 6) is -8.60. The molecule has 7 N–H and O–H groups in total. The number of halogens is 3. The summed E-state index contributed by atoms with van der Waals surface area (Å²) in [4.78, 5) is 40.4. The van der Waals surface area contributed by atoms with Gasteiger partial charge in [0.15, 0.2) is 11.4 Å². The molecule has 13 heteroatoms. The van der Waals surface area contributed by atoms with Crippen LogP contribution in [0, 0.1) is 17.8 Å². The third-order valence-electron chi connectivity index (χ3n) is 9.06. The molecule has 222 valence electrons. The number of carbonyl (C=O) groups excluding carboxylic acids is 3. The fourth-order valence-corrected chi connectivity index (χ4v) is 6.99. The average Bonchev–Trinajstić information content (AvgIpc) is 2.81. The van der Waals surface area contributed by atoms with Gasteiger partial charge in [0.25, 0.3) is 5.91 Å². The fourth-order valence-electron chi connectivity index (χ4n) is 6.99. The Kier molecular flexibility index (Phi) is 6.98. The molecule has 1 saturated carbocycles. The van der Waals surface area contributed by atoms with Crippen molar-refractivity contribution < 1.29 is 48.0 Å². The molecule has 0 spiro atoms. The van der Waals surface area contributed by atoms with Gasteiger partial charge in [-0.1, -0.05) is 6.42 Å². The molecule has 0 heterocycles. The highest BCUT2D eigenvalue weighted by Gasteiger charge is 2.63. The van der Waals surface area contributed by atoms with Crippen molar-refractivity contribution in [3.05, 3.63) is 51.0 Å². The van der Waals surface area contributed by atoms with Crippen molar-refractivity contribution in [1.29, 1.82) is 0 Å². The largest absolute Gasteiger partial charge is 0.510 e. The number of nitrogens with one attached hydrogen (secondary N) is 1. The lowest BCUT2D eigenvalue weighted by molar-refractivity contribution is -0.148. The monoisotopic (exact) mass is 579 g/mol. The van der Waals surface area contributed by atoms with Crippen LogP contribution in [0.25, 0.3) is 0 Å². The van der Waals surface area contributed by atoms with E-state index in [2.05, 4.69) is 5.32 Å². The van der Waals surface area contributed by atoms with Gasteiger partial charge in [0, 0.05) is 18.0 Å². The molecule has 0 unspecified atom stereocenters. The number of alkyl halides is 3. The number of nitrogens with zero attached hydrogens (tertiary/aromatic N) is 1. The summed E-state index contributed by atoms with van der Waals surface area (Å²) in [6, 6.07) is -0.358. The van der Waals surface area contributed by atoms with Crippen LogP contribution in [0.1, 0.15) is 52.7 Å². The molecule has 0 aromatic heterocycles. The quantitative estimate of drug-likeness (QED) is 0.276. The predicted octanol–water partition coefficient (Wildman–Crippen LogP) is 2.03. The number of hydrogen-bond acceptors (Lipinski definition) is 9. The van der Waals surface area contributed by atoms with Crippen LogP contribution in [0.2, 0.25) is 0 Å². The van der Waals surface area contributed by atoms with Gasteiger partial charge in [-0.15, -0.1) is 0 Å². The maximum atomic E-state index is 14.5. The van der Waals surface area contributed by atoms with Gasteiger partial charge in [-0.2, -0.15) is 13.2 Å². The van der Waals surface area contributed by atoms with Gasteiger partial charge < -0.3 is 31.5 Å². The van der Waals surface area contributed by atoms with E-state index >= 15 is 0 Å². The Labute approximate surface area is 233 Å². The number of benzene rings is 1. The van der Waals surface area contributed by atoms with Crippen molar-refractivity contribution in [3.63, 3.8) is 0 Å². The van der Waals surface area contributed by atoms with E-state index in [-0.39, 0.29) is 18.5 Å². The van der Waals surface area contributed by atoms with Crippen molar-refractivity contribution in [3.8, 4) is 5.75 Å². The van der Waals surface area contributed by atoms with E-state index in [4.69, 9.17) is 5.73 Å². The van der Waals surface area contributed by atoms with E-state index in [0.29, 0.717) is 12.5 Å². The van der Waals surface area contributed by atoms with Crippen LogP contribution in [0.15, 0.2) is 28.7 Å². The second-order valence-corrected chi connectivity index (χ2v) is 11.7. The first-order chi connectivity index (χ1) is 19.1. The molecular weight excluding hydrogens is 547 g/mol. The topological polar surface area (TPSA) is 173 Å². The number of aliphatic hydroxyl groups is 3. The molecule has 41 heavy (non-hydrogen) atoms. The van der Waals surface area contributed by atoms with Crippen LogP contribution >= 0.6 is 0 Å². The van der Waals surface area contributed by atoms with Crippen LogP contribution in [0.3, 0.4) is 0 Å². The number of aromatic hydroxyl groups is 1. The molecule has 0 aliphatic heterocycles. The number of allylic oxidation sites excluding steroid dienone is 1. The molecule has 0 saturated heterocycles. The highest BCUT2D eigenvalue weighted by atomic mass is 19.4. The number of phenolic OH excluding ortho intramolecular Hbond substituents is 1. The van der Waals surface area contributed by atoms with E-state index in [1.807, 2.05) is 0 Å². The first-order valence-electron chi connectivity index (χ1n) is 13.4. The van der Waals surface area contributed by atoms with Gasteiger partial charge in [-0.25, -0.2) is 0 Å². The van der Waals surface area contributed by atoms with Crippen LogP contribution < -0.4 is 11.1 Å². The number of amides is 1. The number of ketones is 2. The maximum Gasteiger partial charge on any atom is 0.417 e. The summed E-state index contributed by atoms with van der Waals surface area (Å²) in [6.07, 6.45) is -2.58. The second-order valence-electron chi connectivity index (χ2n) is 11.7. The highest BCUT2D eigenvalue weighted by molar-refractivity contribution is 6.24. The Hall–Kier alpha value is -3.42. The van der Waals surface area contributed by atoms with Crippen molar-refractivity contribution in [2.45, 2.75) is 56.5 Å². The van der Waals surface area contributed by atoms with Crippen molar-refractivity contribution in [1.82, 2.24) is 10.2 Å². The van der Waals surface area contributed by atoms with Crippen LogP contribution in [-0.4, -0.2) is 75.1 Å². The number of hydrogen-bond donors (Lipinski definition) is 6. The Morgan fingerprint density at radius 3 is 2.39 bits per heavy atom. The predicted molar refractivity (Wildman–Crippen MR) is 138 cm³/mol. The Morgan fingerprint density at radius 2 is 1.85 bits per heavy atom. The normalized spacial score (nSPS) is 28.4. The first-order valence-corrected chi connectivity index (χ1v) is 13.4. The third-order valence-corrected chi connectivity index (χ3v) is 9.06. The number of aliphatic hydroxyl groups excluding tert-OH is 2. The molecule has 1 aromatic carbocycles. The molecule has 4 aliphatic rings. The molecule has 5 rings (SSSR count). The van der Waals surface area contributed by atoms with Crippen LogP contribution in [-0.2, 0) is 28.7 Å². The fraction of sp³-hybridized carbons (Fsp3) is 0.536. The third kappa shape index (κ3) is 4.32. The van der Waals surface area contributed by atoms with E-state index in [0.717, 1.165) is 25.3 Å². The standard InChI is InChI=1S/C28H32F3N3O7/c1-34(2)21-15-7-12-6-14-18(16(35)8-13(20(14)28(29,30)31)10-33-9-11-4-3-5-11)22(36)17(12)24(38)27(15,41)25(39)19(23(21)37)26(32)40/h8,11-12,15,21,33,35,37-38,41H,3-7,9-10H2,1-2H3,(H2,32,40)/t12-,15-,21-,27-/m0/s1. The lowest BCUT2D eigenvalue weighted by Gasteiger charge is -2.50. The average molecular weight is 580 g/mol. The summed E-state index contributed by atoms with van der Waals surface area (Å²) in [7, 11) is 2.94. The molecule has 0 bridgehead atoms. The number of fused-ring (bicyclic) bond motifs is 3. The van der Waals surface area contributed by atoms with Crippen molar-refractivity contribution in [2.24, 2.45) is 23.5 Å². The van der Waals surface area contributed by atoms with Gasteiger partial charge in [0.2, 0.25) is 5.78 Å². The lowest BCUT2D eigenvalue weighted by atomic mass is 9.58. The molecule has 0 radical (unpaired) electrons. The minimum absolute atomic E-state index is 0.187. The molecule has 10 nitrogen and oxygen atoms in total. The molecule has 4 atom stereocenters. The molecule has 1 amide bonds. The molecule has 4 aliphatic carbocycles. The van der Waals surface area contributed by atoms with Crippen LogP contribution in [0.4, 0.5) is 13.2 Å². The lowest BCUT2D eigenvalue weighted by Crippen LogP contribution is -2.63. The maximum absolute atomic E-state index is 14.5. The number of carbonyl (C=O) groups is 3. The van der Waals surface area contributed by atoms with E-state index in [1.165, 1.54) is 19.0 Å². The zero-order valence-corrected chi connectivity index (χ0v) is 22.5. The van der Waals surface area contributed by atoms with E-state index in [1.54, 1.807) is 0 Å². The van der Waals surface area contributed by atoms with Crippen molar-refractivity contribution in [2.75, 3.05) is 20.6 Å². The number of Topliss-reactive ketones (excluding diaryl/α,β-unsaturated/α-hetero) is 2. The van der Waals surface area contributed by atoms with Crippen LogP contribution in [0.5, 0.6) is 5.75 Å². The number of nitrogens with two attached hydrogens (primary N) is 1. The Balaban J connectivity index is 1.64. The second kappa shape index (κ2) is 9.85. The zero-order valence-electron chi connectivity index (χ0n) is 22.5. The molecule has 1 fully saturated rings. The van der Waals surface area contributed by atoms with Gasteiger partial charge in [0.1, 0.15) is 22.8 Å². The van der Waals surface area contributed by atoms with Gasteiger partial charge in [0.05, 0.1) is 17.2 Å². The number of likely N-dealkylation sites (N-methyl/N-ethyl adjacent to an activating group) is 1. The van der Waals surface area contributed by atoms with Crippen molar-refractivity contribution >= 4 is 17.5 Å². The van der Waals surface area contributed by atoms with Gasteiger partial charge in [-0.3, -0.25) is 19.3 Å². The number of phenols is 1. The number of primary amides is 1.